The highest BCUT2D eigenvalue weighted by Gasteiger charge is 2.32. The molecule has 0 N–H and O–H groups in total. The van der Waals surface area contributed by atoms with Gasteiger partial charge in [-0.2, -0.15) is 0 Å². The molecule has 0 aromatic heterocycles. The van der Waals surface area contributed by atoms with E-state index in [2.05, 4.69) is 0 Å². The molecule has 0 bridgehead atoms. The molecule has 0 saturated heterocycles. The van der Waals surface area contributed by atoms with E-state index >= 15 is 0 Å². The lowest BCUT2D eigenvalue weighted by atomic mass is 9.86. The third-order valence-corrected chi connectivity index (χ3v) is 3.34. The van der Waals surface area contributed by atoms with Gasteiger partial charge in [-0.25, -0.2) is 0 Å². The van der Waals surface area contributed by atoms with E-state index in [-0.39, 0.29) is 17.6 Å². The molecule has 0 radical (unpaired) electrons. The summed E-state index contributed by atoms with van der Waals surface area (Å²) in [6.45, 7) is 6.17. The van der Waals surface area contributed by atoms with Crippen LogP contribution in [0.15, 0.2) is 18.2 Å². The molecular formula is C14H17NO2. The summed E-state index contributed by atoms with van der Waals surface area (Å²) in [5, 5.41) is 0. The van der Waals surface area contributed by atoms with E-state index in [9.17, 15) is 9.59 Å². The summed E-state index contributed by atoms with van der Waals surface area (Å²) in [7, 11) is 0. The highest BCUT2D eigenvalue weighted by atomic mass is 16.2. The molecule has 3 heteroatoms. The van der Waals surface area contributed by atoms with E-state index < -0.39 is 0 Å². The lowest BCUT2D eigenvalue weighted by molar-refractivity contribution is -0.124. The monoisotopic (exact) mass is 231 g/mol. The number of ketones is 1. The molecule has 90 valence electrons. The van der Waals surface area contributed by atoms with Crippen molar-refractivity contribution < 1.29 is 9.59 Å². The van der Waals surface area contributed by atoms with Gasteiger partial charge in [0.1, 0.15) is 5.78 Å². The smallest absolute Gasteiger partial charge is 0.228 e. The molecule has 1 heterocycles. The third kappa shape index (κ3) is 1.97. The van der Waals surface area contributed by atoms with E-state index in [1.165, 1.54) is 0 Å². The summed E-state index contributed by atoms with van der Waals surface area (Å²) in [5.74, 6) is -0.148. The van der Waals surface area contributed by atoms with Gasteiger partial charge in [0.25, 0.3) is 0 Å². The first-order chi connectivity index (χ1) is 8.04. The zero-order chi connectivity index (χ0) is 12.6. The fourth-order valence-electron chi connectivity index (χ4n) is 2.44. The number of fused-ring (bicyclic) bond motifs is 1. The number of hydrogen-bond acceptors (Lipinski definition) is 2. The standard InChI is InChI=1S/C14H17NO2/c1-4-15-13-6-5-9(2)7-12(13)11(10(3)16)8-14(15)17/h5-7,11H,4,8H2,1-3H3. The number of benzene rings is 1. The molecule has 1 aromatic carbocycles. The van der Waals surface area contributed by atoms with Crippen molar-refractivity contribution in [3.8, 4) is 0 Å². The average Bonchev–Trinajstić information content (AvgIpc) is 2.28. The summed E-state index contributed by atoms with van der Waals surface area (Å²) in [6.07, 6.45) is 0.305. The van der Waals surface area contributed by atoms with E-state index in [4.69, 9.17) is 0 Å². The molecule has 0 saturated carbocycles. The zero-order valence-corrected chi connectivity index (χ0v) is 10.5. The van der Waals surface area contributed by atoms with Crippen LogP contribution in [-0.4, -0.2) is 18.2 Å². The number of Topliss-reactive ketones (excluding diaryl/α,β-unsaturated/α-hetero) is 1. The largest absolute Gasteiger partial charge is 0.312 e. The fourth-order valence-corrected chi connectivity index (χ4v) is 2.44. The topological polar surface area (TPSA) is 37.4 Å². The molecule has 1 aliphatic heterocycles. The highest BCUT2D eigenvalue weighted by molar-refractivity contribution is 6.02. The molecule has 17 heavy (non-hydrogen) atoms. The van der Waals surface area contributed by atoms with Gasteiger partial charge in [-0.1, -0.05) is 17.7 Å². The second-order valence-electron chi connectivity index (χ2n) is 4.57. The Labute approximate surface area is 101 Å². The van der Waals surface area contributed by atoms with Crippen LogP contribution in [0.25, 0.3) is 0 Å². The minimum Gasteiger partial charge on any atom is -0.312 e. The van der Waals surface area contributed by atoms with Crippen LogP contribution >= 0.6 is 0 Å². The van der Waals surface area contributed by atoms with Crippen LogP contribution < -0.4 is 4.90 Å². The molecule has 3 nitrogen and oxygen atoms in total. The number of anilines is 1. The van der Waals surface area contributed by atoms with Crippen LogP contribution in [0.1, 0.15) is 37.3 Å². The summed E-state index contributed by atoms with van der Waals surface area (Å²) in [6, 6.07) is 5.95. The lowest BCUT2D eigenvalue weighted by Crippen LogP contribution is -2.38. The van der Waals surface area contributed by atoms with E-state index in [0.29, 0.717) is 13.0 Å². The van der Waals surface area contributed by atoms with Crippen molar-refractivity contribution in [3.63, 3.8) is 0 Å². The Hall–Kier alpha value is -1.64. The molecule has 0 aliphatic carbocycles. The Morgan fingerprint density at radius 3 is 2.76 bits per heavy atom. The molecule has 1 unspecified atom stereocenters. The van der Waals surface area contributed by atoms with E-state index in [0.717, 1.165) is 16.8 Å². The predicted octanol–water partition coefficient (Wildman–Crippen LogP) is 2.42. The molecular weight excluding hydrogens is 214 g/mol. The summed E-state index contributed by atoms with van der Waals surface area (Å²) in [5.41, 5.74) is 3.02. The number of rotatable bonds is 2. The Bertz CT molecular complexity index is 479. The Kier molecular flexibility index (Phi) is 3.01. The first-order valence-corrected chi connectivity index (χ1v) is 5.96. The molecule has 1 amide bonds. The molecule has 1 aliphatic rings. The number of amides is 1. The van der Waals surface area contributed by atoms with Gasteiger partial charge in [-0.05, 0) is 32.4 Å². The van der Waals surface area contributed by atoms with Crippen molar-refractivity contribution in [2.75, 3.05) is 11.4 Å². The fraction of sp³-hybridized carbons (Fsp3) is 0.429. The van der Waals surface area contributed by atoms with Crippen LogP contribution in [0.2, 0.25) is 0 Å². The van der Waals surface area contributed by atoms with Gasteiger partial charge >= 0.3 is 0 Å². The van der Waals surface area contributed by atoms with Crippen molar-refractivity contribution in [3.05, 3.63) is 29.3 Å². The highest BCUT2D eigenvalue weighted by Crippen LogP contribution is 2.36. The number of nitrogens with zero attached hydrogens (tertiary/aromatic N) is 1. The van der Waals surface area contributed by atoms with Crippen LogP contribution in [-0.2, 0) is 9.59 Å². The second kappa shape index (κ2) is 4.32. The predicted molar refractivity (Wildman–Crippen MR) is 67.2 cm³/mol. The summed E-state index contributed by atoms with van der Waals surface area (Å²) in [4.78, 5) is 25.4. The third-order valence-electron chi connectivity index (χ3n) is 3.34. The molecule has 1 atom stereocenters. The first-order valence-electron chi connectivity index (χ1n) is 5.96. The quantitative estimate of drug-likeness (QED) is 0.784. The van der Waals surface area contributed by atoms with Gasteiger partial charge in [0.2, 0.25) is 5.91 Å². The number of hydrogen-bond donors (Lipinski definition) is 0. The number of carbonyl (C=O) groups excluding carboxylic acids is 2. The maximum absolute atomic E-state index is 12.0. The number of aryl methyl sites for hydroxylation is 1. The van der Waals surface area contributed by atoms with Gasteiger partial charge in [-0.3, -0.25) is 9.59 Å². The normalized spacial score (nSPS) is 19.1. The van der Waals surface area contributed by atoms with Crippen molar-refractivity contribution >= 4 is 17.4 Å². The lowest BCUT2D eigenvalue weighted by Gasteiger charge is -2.32. The van der Waals surface area contributed by atoms with Gasteiger partial charge in [0.05, 0.1) is 5.92 Å². The van der Waals surface area contributed by atoms with E-state index in [1.54, 1.807) is 11.8 Å². The molecule has 0 spiro atoms. The molecule has 0 fully saturated rings. The SMILES string of the molecule is CCN1C(=O)CC(C(C)=O)c2cc(C)ccc21. The zero-order valence-electron chi connectivity index (χ0n) is 10.5. The van der Waals surface area contributed by atoms with Gasteiger partial charge in [-0.15, -0.1) is 0 Å². The van der Waals surface area contributed by atoms with Gasteiger partial charge < -0.3 is 4.90 Å². The minimum absolute atomic E-state index is 0.0454. The van der Waals surface area contributed by atoms with Crippen molar-refractivity contribution in [2.45, 2.75) is 33.1 Å². The maximum Gasteiger partial charge on any atom is 0.228 e. The summed E-state index contributed by atoms with van der Waals surface area (Å²) < 4.78 is 0. The van der Waals surface area contributed by atoms with Gasteiger partial charge in [0, 0.05) is 18.7 Å². The molecule has 2 rings (SSSR count). The van der Waals surface area contributed by atoms with Crippen molar-refractivity contribution in [1.29, 1.82) is 0 Å². The van der Waals surface area contributed by atoms with E-state index in [1.807, 2.05) is 32.0 Å². The number of carbonyl (C=O) groups is 2. The van der Waals surface area contributed by atoms with Crippen molar-refractivity contribution in [2.24, 2.45) is 0 Å². The average molecular weight is 231 g/mol. The second-order valence-corrected chi connectivity index (χ2v) is 4.57. The van der Waals surface area contributed by atoms with Crippen molar-refractivity contribution in [1.82, 2.24) is 0 Å². The first kappa shape index (κ1) is 11.8. The Morgan fingerprint density at radius 1 is 1.47 bits per heavy atom. The van der Waals surface area contributed by atoms with Gasteiger partial charge in [0.15, 0.2) is 0 Å². The Balaban J connectivity index is 2.57. The molecule has 1 aromatic rings. The minimum atomic E-state index is -0.264. The van der Waals surface area contributed by atoms with Crippen LogP contribution in [0.4, 0.5) is 5.69 Å². The van der Waals surface area contributed by atoms with Crippen LogP contribution in [0, 0.1) is 6.92 Å². The van der Waals surface area contributed by atoms with Crippen LogP contribution in [0.3, 0.4) is 0 Å². The van der Waals surface area contributed by atoms with Crippen LogP contribution in [0.5, 0.6) is 0 Å². The Morgan fingerprint density at radius 2 is 2.18 bits per heavy atom. The summed E-state index contributed by atoms with van der Waals surface area (Å²) >= 11 is 0. The maximum atomic E-state index is 12.0.